The molecule has 0 unspecified atom stereocenters. The second-order valence-corrected chi connectivity index (χ2v) is 7.17. The molecule has 1 aromatic heterocycles. The highest BCUT2D eigenvalue weighted by Gasteiger charge is 2.32. The van der Waals surface area contributed by atoms with Crippen LogP contribution >= 0.6 is 11.6 Å². The summed E-state index contributed by atoms with van der Waals surface area (Å²) in [5.74, 6) is 0.766. The molecule has 1 fully saturated rings. The van der Waals surface area contributed by atoms with Gasteiger partial charge in [-0.25, -0.2) is 4.98 Å². The second kappa shape index (κ2) is 9.53. The van der Waals surface area contributed by atoms with Gasteiger partial charge in [0.2, 0.25) is 5.91 Å². The van der Waals surface area contributed by atoms with Crippen LogP contribution in [-0.2, 0) is 11.0 Å². The van der Waals surface area contributed by atoms with Gasteiger partial charge in [0.25, 0.3) is 0 Å². The van der Waals surface area contributed by atoms with Crippen LogP contribution in [0.25, 0.3) is 0 Å². The summed E-state index contributed by atoms with van der Waals surface area (Å²) in [6, 6.07) is 8.11. The fourth-order valence-corrected chi connectivity index (χ4v) is 3.47. The fraction of sp³-hybridized carbons (Fsp3) is 0.400. The number of hydrogen-bond donors (Lipinski definition) is 1. The summed E-state index contributed by atoms with van der Waals surface area (Å²) in [7, 11) is 0. The largest absolute Gasteiger partial charge is 0.492 e. The van der Waals surface area contributed by atoms with Gasteiger partial charge in [0, 0.05) is 32.4 Å². The second-order valence-electron chi connectivity index (χ2n) is 6.77. The monoisotopic (exact) mass is 442 g/mol. The number of amides is 1. The van der Waals surface area contributed by atoms with Crippen LogP contribution in [0.3, 0.4) is 0 Å². The van der Waals surface area contributed by atoms with Crippen molar-refractivity contribution in [1.82, 2.24) is 9.88 Å². The zero-order valence-electron chi connectivity index (χ0n) is 16.4. The van der Waals surface area contributed by atoms with Crippen molar-refractivity contribution in [3.8, 4) is 5.75 Å². The minimum atomic E-state index is -4.48. The number of nitrogens with zero attached hydrogens (tertiary/aromatic N) is 3. The Hall–Kier alpha value is -2.52. The smallest absolute Gasteiger partial charge is 0.417 e. The number of para-hydroxylation sites is 2. The van der Waals surface area contributed by atoms with Crippen LogP contribution in [0.15, 0.2) is 36.5 Å². The molecule has 0 aliphatic carbocycles. The molecule has 2 heterocycles. The van der Waals surface area contributed by atoms with E-state index in [1.54, 1.807) is 12.1 Å². The summed E-state index contributed by atoms with van der Waals surface area (Å²) in [5.41, 5.74) is -0.261. The van der Waals surface area contributed by atoms with Crippen LogP contribution in [0, 0.1) is 0 Å². The molecule has 1 aromatic carbocycles. The highest BCUT2D eigenvalue weighted by molar-refractivity contribution is 6.33. The summed E-state index contributed by atoms with van der Waals surface area (Å²) in [5, 5.41) is 2.82. The number of benzene rings is 1. The number of ether oxygens (including phenoxy) is 1. The molecule has 0 spiro atoms. The highest BCUT2D eigenvalue weighted by atomic mass is 35.5. The first kappa shape index (κ1) is 22.2. The van der Waals surface area contributed by atoms with Gasteiger partial charge >= 0.3 is 6.18 Å². The predicted molar refractivity (Wildman–Crippen MR) is 109 cm³/mol. The number of anilines is 2. The third kappa shape index (κ3) is 5.54. The number of piperazine rings is 1. The van der Waals surface area contributed by atoms with Crippen molar-refractivity contribution >= 4 is 29.0 Å². The van der Waals surface area contributed by atoms with Crippen molar-refractivity contribution in [3.05, 3.63) is 47.1 Å². The van der Waals surface area contributed by atoms with E-state index in [0.29, 0.717) is 50.0 Å². The highest BCUT2D eigenvalue weighted by Crippen LogP contribution is 2.33. The number of carbonyl (C=O) groups excluding carboxylic acids is 1. The molecule has 1 aliphatic heterocycles. The van der Waals surface area contributed by atoms with Crippen LogP contribution in [0.2, 0.25) is 5.02 Å². The van der Waals surface area contributed by atoms with E-state index >= 15 is 0 Å². The Morgan fingerprint density at radius 3 is 2.57 bits per heavy atom. The van der Waals surface area contributed by atoms with E-state index in [4.69, 9.17) is 16.3 Å². The van der Waals surface area contributed by atoms with Gasteiger partial charge in [-0.05, 0) is 25.1 Å². The number of rotatable bonds is 6. The Kier molecular flexibility index (Phi) is 7.04. The van der Waals surface area contributed by atoms with Gasteiger partial charge in [-0.15, -0.1) is 0 Å². The average molecular weight is 443 g/mol. The summed E-state index contributed by atoms with van der Waals surface area (Å²) >= 11 is 6.03. The fourth-order valence-electron chi connectivity index (χ4n) is 3.18. The number of alkyl halides is 3. The van der Waals surface area contributed by atoms with Crippen molar-refractivity contribution in [2.75, 3.05) is 49.5 Å². The Morgan fingerprint density at radius 1 is 1.23 bits per heavy atom. The SMILES string of the molecule is CCOc1ccccc1NC(=O)CN1CCN(c2ncc(C(F)(F)F)cc2Cl)CC1. The molecule has 6 nitrogen and oxygen atoms in total. The lowest BCUT2D eigenvalue weighted by atomic mass is 10.2. The summed E-state index contributed by atoms with van der Waals surface area (Å²) < 4.78 is 43.8. The molecular weight excluding hydrogens is 421 g/mol. The van der Waals surface area contributed by atoms with Crippen molar-refractivity contribution in [2.24, 2.45) is 0 Å². The van der Waals surface area contributed by atoms with Crippen LogP contribution in [0.5, 0.6) is 5.75 Å². The lowest BCUT2D eigenvalue weighted by Crippen LogP contribution is -2.49. The number of carbonyl (C=O) groups is 1. The lowest BCUT2D eigenvalue weighted by Gasteiger charge is -2.35. The van der Waals surface area contributed by atoms with E-state index in [2.05, 4.69) is 10.3 Å². The summed E-state index contributed by atoms with van der Waals surface area (Å²) in [6.45, 7) is 4.68. The molecule has 2 aromatic rings. The van der Waals surface area contributed by atoms with Gasteiger partial charge in [-0.2, -0.15) is 13.2 Å². The molecule has 30 heavy (non-hydrogen) atoms. The number of halogens is 4. The number of pyridine rings is 1. The van der Waals surface area contributed by atoms with Gasteiger partial charge in [0.05, 0.1) is 29.4 Å². The van der Waals surface area contributed by atoms with Crippen molar-refractivity contribution in [3.63, 3.8) is 0 Å². The molecule has 0 saturated carbocycles. The summed E-state index contributed by atoms with van der Waals surface area (Å²) in [4.78, 5) is 20.1. The standard InChI is InChI=1S/C20H22ClF3N4O2/c1-2-30-17-6-4-3-5-16(17)26-18(29)13-27-7-9-28(10-8-27)19-15(21)11-14(12-25-19)20(22,23)24/h3-6,11-12H,2,7-10,13H2,1H3,(H,26,29). The number of nitrogens with one attached hydrogen (secondary N) is 1. The molecule has 3 rings (SSSR count). The lowest BCUT2D eigenvalue weighted by molar-refractivity contribution is -0.137. The summed E-state index contributed by atoms with van der Waals surface area (Å²) in [6.07, 6.45) is -3.70. The Bertz CT molecular complexity index is 887. The maximum atomic E-state index is 12.8. The molecule has 162 valence electrons. The van der Waals surface area contributed by atoms with E-state index < -0.39 is 11.7 Å². The molecule has 0 atom stereocenters. The molecule has 1 aliphatic rings. The molecule has 1 saturated heterocycles. The van der Waals surface area contributed by atoms with E-state index in [1.807, 2.05) is 28.9 Å². The third-order valence-corrected chi connectivity index (χ3v) is 4.93. The normalized spacial score (nSPS) is 15.2. The molecular formula is C20H22ClF3N4O2. The van der Waals surface area contributed by atoms with Gasteiger partial charge in [0.1, 0.15) is 11.6 Å². The first-order valence-electron chi connectivity index (χ1n) is 9.49. The van der Waals surface area contributed by atoms with Gasteiger partial charge < -0.3 is 15.0 Å². The van der Waals surface area contributed by atoms with E-state index in [9.17, 15) is 18.0 Å². The number of aromatic nitrogens is 1. The zero-order valence-corrected chi connectivity index (χ0v) is 17.1. The Labute approximate surface area is 177 Å². The first-order chi connectivity index (χ1) is 14.3. The van der Waals surface area contributed by atoms with E-state index in [0.717, 1.165) is 12.3 Å². The number of hydrogen-bond acceptors (Lipinski definition) is 5. The van der Waals surface area contributed by atoms with Crippen LogP contribution in [-0.4, -0.2) is 55.1 Å². The topological polar surface area (TPSA) is 57.7 Å². The molecule has 10 heteroatoms. The maximum absolute atomic E-state index is 12.8. The van der Waals surface area contributed by atoms with Gasteiger partial charge in [-0.3, -0.25) is 9.69 Å². The zero-order chi connectivity index (χ0) is 21.7. The van der Waals surface area contributed by atoms with Crippen molar-refractivity contribution in [1.29, 1.82) is 0 Å². The van der Waals surface area contributed by atoms with Crippen LogP contribution in [0.1, 0.15) is 12.5 Å². The Balaban J connectivity index is 1.54. The molecule has 0 radical (unpaired) electrons. The third-order valence-electron chi connectivity index (χ3n) is 4.65. The first-order valence-corrected chi connectivity index (χ1v) is 9.87. The van der Waals surface area contributed by atoms with Gasteiger partial charge in [-0.1, -0.05) is 23.7 Å². The quantitative estimate of drug-likeness (QED) is 0.735. The minimum absolute atomic E-state index is 0.0384. The predicted octanol–water partition coefficient (Wildman–Crippen LogP) is 3.91. The van der Waals surface area contributed by atoms with Crippen molar-refractivity contribution < 1.29 is 22.7 Å². The minimum Gasteiger partial charge on any atom is -0.492 e. The molecule has 0 bridgehead atoms. The Morgan fingerprint density at radius 2 is 1.93 bits per heavy atom. The van der Waals surface area contributed by atoms with E-state index in [-0.39, 0.29) is 17.5 Å². The molecule has 1 amide bonds. The average Bonchev–Trinajstić information content (AvgIpc) is 2.70. The maximum Gasteiger partial charge on any atom is 0.417 e. The van der Waals surface area contributed by atoms with Crippen LogP contribution in [0.4, 0.5) is 24.7 Å². The van der Waals surface area contributed by atoms with Gasteiger partial charge in [0.15, 0.2) is 0 Å². The van der Waals surface area contributed by atoms with Crippen molar-refractivity contribution in [2.45, 2.75) is 13.1 Å². The van der Waals surface area contributed by atoms with Crippen LogP contribution < -0.4 is 15.0 Å². The molecule has 1 N–H and O–H groups in total. The van der Waals surface area contributed by atoms with E-state index in [1.165, 1.54) is 0 Å².